The third kappa shape index (κ3) is 2.72. The zero-order valence-corrected chi connectivity index (χ0v) is 13.1. The number of hydrazine groups is 1. The molecular weight excluding hydrogens is 276 g/mol. The lowest BCUT2D eigenvalue weighted by Gasteiger charge is -2.16. The van der Waals surface area contributed by atoms with E-state index in [9.17, 15) is 0 Å². The van der Waals surface area contributed by atoms with Crippen LogP contribution >= 0.6 is 11.6 Å². The van der Waals surface area contributed by atoms with Gasteiger partial charge in [0.25, 0.3) is 0 Å². The van der Waals surface area contributed by atoms with Crippen molar-refractivity contribution in [3.05, 3.63) is 33.9 Å². The first-order chi connectivity index (χ1) is 9.47. The van der Waals surface area contributed by atoms with Gasteiger partial charge < -0.3 is 0 Å². The molecule has 1 unspecified atom stereocenters. The molecule has 1 atom stereocenters. The molecule has 0 aliphatic rings. The SMILES string of the molecule is CCn1nc(C)c(Cl)c1CC(NN)c1cn(C)nc1C. The maximum atomic E-state index is 6.35. The van der Waals surface area contributed by atoms with Crippen LogP contribution in [0, 0.1) is 13.8 Å². The number of hydrogen-bond acceptors (Lipinski definition) is 4. The smallest absolute Gasteiger partial charge is 0.0847 e. The van der Waals surface area contributed by atoms with Gasteiger partial charge in [0.15, 0.2) is 0 Å². The number of nitrogens with zero attached hydrogens (tertiary/aromatic N) is 4. The van der Waals surface area contributed by atoms with Gasteiger partial charge in [0.1, 0.15) is 0 Å². The van der Waals surface area contributed by atoms with Gasteiger partial charge >= 0.3 is 0 Å². The number of nitrogens with two attached hydrogens (primary N) is 1. The van der Waals surface area contributed by atoms with Gasteiger partial charge in [-0.2, -0.15) is 10.2 Å². The van der Waals surface area contributed by atoms with Gasteiger partial charge in [0, 0.05) is 31.8 Å². The summed E-state index contributed by atoms with van der Waals surface area (Å²) in [6.07, 6.45) is 2.66. The first-order valence-electron chi connectivity index (χ1n) is 6.66. The van der Waals surface area contributed by atoms with Crippen molar-refractivity contribution >= 4 is 11.6 Å². The quantitative estimate of drug-likeness (QED) is 0.650. The Morgan fingerprint density at radius 3 is 2.55 bits per heavy atom. The Labute approximate surface area is 123 Å². The van der Waals surface area contributed by atoms with Crippen LogP contribution in [0.2, 0.25) is 5.02 Å². The van der Waals surface area contributed by atoms with Crippen molar-refractivity contribution in [2.75, 3.05) is 0 Å². The number of rotatable bonds is 5. The van der Waals surface area contributed by atoms with Crippen LogP contribution in [0.5, 0.6) is 0 Å². The first-order valence-corrected chi connectivity index (χ1v) is 7.03. The number of aromatic nitrogens is 4. The van der Waals surface area contributed by atoms with Gasteiger partial charge in [-0.25, -0.2) is 0 Å². The summed E-state index contributed by atoms with van der Waals surface area (Å²) in [6.45, 7) is 6.72. The van der Waals surface area contributed by atoms with Crippen LogP contribution in [0.4, 0.5) is 0 Å². The summed E-state index contributed by atoms with van der Waals surface area (Å²) in [7, 11) is 1.90. The summed E-state index contributed by atoms with van der Waals surface area (Å²) in [5, 5.41) is 9.51. The van der Waals surface area contributed by atoms with Crippen molar-refractivity contribution < 1.29 is 0 Å². The van der Waals surface area contributed by atoms with Crippen LogP contribution in [-0.4, -0.2) is 19.6 Å². The number of nitrogens with one attached hydrogen (secondary N) is 1. The molecule has 0 saturated heterocycles. The minimum Gasteiger partial charge on any atom is -0.275 e. The highest BCUT2D eigenvalue weighted by Gasteiger charge is 2.21. The predicted molar refractivity (Wildman–Crippen MR) is 79.4 cm³/mol. The molecule has 7 heteroatoms. The minimum atomic E-state index is -0.0393. The molecule has 0 aliphatic heterocycles. The Hall–Kier alpha value is -1.37. The lowest BCUT2D eigenvalue weighted by Crippen LogP contribution is -2.30. The number of halogens is 1. The fourth-order valence-corrected chi connectivity index (χ4v) is 2.69. The summed E-state index contributed by atoms with van der Waals surface area (Å²) < 4.78 is 3.71. The second-order valence-electron chi connectivity index (χ2n) is 4.93. The normalized spacial score (nSPS) is 12.9. The average Bonchev–Trinajstić information content (AvgIpc) is 2.88. The van der Waals surface area contributed by atoms with E-state index in [0.717, 1.165) is 29.2 Å². The minimum absolute atomic E-state index is 0.0393. The van der Waals surface area contributed by atoms with Gasteiger partial charge in [-0.3, -0.25) is 20.6 Å². The van der Waals surface area contributed by atoms with Gasteiger partial charge in [0.2, 0.25) is 0 Å². The molecule has 3 N–H and O–H groups in total. The molecule has 110 valence electrons. The molecule has 0 aromatic carbocycles. The third-order valence-electron chi connectivity index (χ3n) is 3.48. The van der Waals surface area contributed by atoms with E-state index in [4.69, 9.17) is 17.4 Å². The van der Waals surface area contributed by atoms with Crippen molar-refractivity contribution in [3.63, 3.8) is 0 Å². The third-order valence-corrected chi connectivity index (χ3v) is 3.97. The topological polar surface area (TPSA) is 73.7 Å². The highest BCUT2D eigenvalue weighted by molar-refractivity contribution is 6.31. The second kappa shape index (κ2) is 5.95. The Balaban J connectivity index is 2.34. The van der Waals surface area contributed by atoms with Crippen LogP contribution < -0.4 is 11.3 Å². The van der Waals surface area contributed by atoms with E-state index in [0.29, 0.717) is 11.4 Å². The average molecular weight is 297 g/mol. The largest absolute Gasteiger partial charge is 0.275 e. The Morgan fingerprint density at radius 2 is 2.05 bits per heavy atom. The number of hydrogen-bond donors (Lipinski definition) is 2. The lowest BCUT2D eigenvalue weighted by atomic mass is 10.0. The summed E-state index contributed by atoms with van der Waals surface area (Å²) in [5.74, 6) is 5.72. The van der Waals surface area contributed by atoms with Crippen LogP contribution in [0.3, 0.4) is 0 Å². The van der Waals surface area contributed by atoms with E-state index in [1.165, 1.54) is 0 Å². The van der Waals surface area contributed by atoms with Crippen molar-refractivity contribution in [2.24, 2.45) is 12.9 Å². The van der Waals surface area contributed by atoms with Gasteiger partial charge in [0.05, 0.1) is 28.1 Å². The molecular formula is C13H21ClN6. The molecule has 0 radical (unpaired) electrons. The molecule has 20 heavy (non-hydrogen) atoms. The Kier molecular flexibility index (Phi) is 4.47. The maximum Gasteiger partial charge on any atom is 0.0847 e. The van der Waals surface area contributed by atoms with E-state index in [-0.39, 0.29) is 6.04 Å². The van der Waals surface area contributed by atoms with Crippen LogP contribution in [0.1, 0.15) is 35.6 Å². The Bertz CT molecular complexity index is 600. The molecule has 0 bridgehead atoms. The summed E-state index contributed by atoms with van der Waals surface area (Å²) in [5.41, 5.74) is 6.74. The van der Waals surface area contributed by atoms with Gasteiger partial charge in [-0.05, 0) is 20.8 Å². The van der Waals surface area contributed by atoms with E-state index in [1.54, 1.807) is 4.68 Å². The van der Waals surface area contributed by atoms with E-state index in [2.05, 4.69) is 15.6 Å². The zero-order chi connectivity index (χ0) is 14.9. The summed E-state index contributed by atoms with van der Waals surface area (Å²) in [4.78, 5) is 0. The monoisotopic (exact) mass is 296 g/mol. The van der Waals surface area contributed by atoms with E-state index < -0.39 is 0 Å². The zero-order valence-electron chi connectivity index (χ0n) is 12.3. The van der Waals surface area contributed by atoms with Gasteiger partial charge in [-0.15, -0.1) is 0 Å². The van der Waals surface area contributed by atoms with Crippen LogP contribution in [-0.2, 0) is 20.0 Å². The molecule has 0 amide bonds. The molecule has 0 aliphatic carbocycles. The molecule has 6 nitrogen and oxygen atoms in total. The summed E-state index contributed by atoms with van der Waals surface area (Å²) in [6, 6.07) is -0.0393. The molecule has 2 rings (SSSR count). The first kappa shape index (κ1) is 15.0. The molecule has 2 aromatic rings. The second-order valence-corrected chi connectivity index (χ2v) is 5.31. The van der Waals surface area contributed by atoms with Gasteiger partial charge in [-0.1, -0.05) is 11.6 Å². The fourth-order valence-electron chi connectivity index (χ4n) is 2.48. The standard InChI is InChI=1S/C13H21ClN6/c1-5-20-12(13(14)9(3)18-20)6-11(16-15)10-7-19(4)17-8(10)2/h7,11,16H,5-6,15H2,1-4H3. The molecule has 2 heterocycles. The maximum absolute atomic E-state index is 6.35. The Morgan fingerprint density at radius 1 is 1.35 bits per heavy atom. The highest BCUT2D eigenvalue weighted by atomic mass is 35.5. The van der Waals surface area contributed by atoms with E-state index >= 15 is 0 Å². The molecule has 2 aromatic heterocycles. The highest BCUT2D eigenvalue weighted by Crippen LogP contribution is 2.26. The molecule has 0 saturated carbocycles. The predicted octanol–water partition coefficient (Wildman–Crippen LogP) is 1.65. The van der Waals surface area contributed by atoms with Crippen molar-refractivity contribution in [1.82, 2.24) is 25.0 Å². The fraction of sp³-hybridized carbons (Fsp3) is 0.538. The lowest BCUT2D eigenvalue weighted by molar-refractivity contribution is 0.515. The molecule has 0 fully saturated rings. The van der Waals surface area contributed by atoms with E-state index in [1.807, 2.05) is 38.7 Å². The summed E-state index contributed by atoms with van der Waals surface area (Å²) >= 11 is 6.35. The van der Waals surface area contributed by atoms with Crippen LogP contribution in [0.15, 0.2) is 6.20 Å². The molecule has 0 spiro atoms. The van der Waals surface area contributed by atoms with Crippen molar-refractivity contribution in [1.29, 1.82) is 0 Å². The van der Waals surface area contributed by atoms with Crippen molar-refractivity contribution in [3.8, 4) is 0 Å². The number of aryl methyl sites for hydroxylation is 4. The van der Waals surface area contributed by atoms with Crippen LogP contribution in [0.25, 0.3) is 0 Å². The van der Waals surface area contributed by atoms with Crippen molar-refractivity contribution in [2.45, 2.75) is 39.8 Å².